The lowest BCUT2D eigenvalue weighted by Crippen LogP contribution is -2.30. The number of benzene rings is 1. The summed E-state index contributed by atoms with van der Waals surface area (Å²) in [6.45, 7) is 2.05. The number of nitrogens with one attached hydrogen (secondary N) is 1. The Morgan fingerprint density at radius 1 is 1.30 bits per heavy atom. The Morgan fingerprint density at radius 2 is 2.03 bits per heavy atom. The van der Waals surface area contributed by atoms with Gasteiger partial charge < -0.3 is 5.32 Å². The molecule has 0 saturated heterocycles. The molecule has 1 saturated carbocycles. The van der Waals surface area contributed by atoms with Gasteiger partial charge in [0.1, 0.15) is 0 Å². The molecule has 11 heteroatoms. The van der Waals surface area contributed by atoms with Gasteiger partial charge in [-0.1, -0.05) is 49.5 Å². The van der Waals surface area contributed by atoms with Crippen molar-refractivity contribution < 1.29 is 18.0 Å². The number of aromatic nitrogens is 2. The minimum Gasteiger partial charge on any atom is -0.324 e. The summed E-state index contributed by atoms with van der Waals surface area (Å²) in [4.78, 5) is 31.3. The maximum Gasteiger partial charge on any atom is 0.416 e. The number of carbonyl (C=O) groups excluding carboxylic acids is 1. The summed E-state index contributed by atoms with van der Waals surface area (Å²) in [5.74, 6) is -0.623. The molecule has 0 spiro atoms. The van der Waals surface area contributed by atoms with E-state index in [4.69, 9.17) is 16.6 Å². The highest BCUT2D eigenvalue weighted by Crippen LogP contribution is 2.37. The molecule has 1 aliphatic heterocycles. The van der Waals surface area contributed by atoms with Crippen LogP contribution in [-0.2, 0) is 17.4 Å². The molecule has 2 aliphatic rings. The van der Waals surface area contributed by atoms with E-state index in [1.165, 1.54) is 0 Å². The summed E-state index contributed by atoms with van der Waals surface area (Å²) < 4.78 is 40.7. The molecule has 1 N–H and O–H groups in total. The molecular formula is C22H23ClF3N3O2S2. The Hall–Kier alpha value is -1.65. The second-order valence-electron chi connectivity index (χ2n) is 8.30. The van der Waals surface area contributed by atoms with E-state index < -0.39 is 17.6 Å². The van der Waals surface area contributed by atoms with Gasteiger partial charge in [-0.2, -0.15) is 13.2 Å². The molecule has 1 fully saturated rings. The van der Waals surface area contributed by atoms with Crippen LogP contribution in [-0.4, -0.2) is 26.5 Å². The fourth-order valence-corrected chi connectivity index (χ4v) is 6.34. The van der Waals surface area contributed by atoms with Gasteiger partial charge in [-0.25, -0.2) is 4.98 Å². The maximum atomic E-state index is 13.3. The number of amides is 1. The summed E-state index contributed by atoms with van der Waals surface area (Å²) in [6.07, 6.45) is 1.14. The minimum atomic E-state index is -4.54. The van der Waals surface area contributed by atoms with Crippen molar-refractivity contribution in [3.05, 3.63) is 44.8 Å². The summed E-state index contributed by atoms with van der Waals surface area (Å²) >= 11 is 8.66. The zero-order chi connectivity index (χ0) is 23.8. The highest BCUT2D eigenvalue weighted by Gasteiger charge is 2.32. The van der Waals surface area contributed by atoms with Crippen LogP contribution in [0.5, 0.6) is 0 Å². The van der Waals surface area contributed by atoms with E-state index in [0.29, 0.717) is 16.5 Å². The summed E-state index contributed by atoms with van der Waals surface area (Å²) in [6, 6.07) is 2.83. The molecule has 2 aromatic rings. The van der Waals surface area contributed by atoms with Crippen LogP contribution in [0.3, 0.4) is 0 Å². The van der Waals surface area contributed by atoms with Gasteiger partial charge in [0, 0.05) is 17.7 Å². The van der Waals surface area contributed by atoms with E-state index in [-0.39, 0.29) is 33.3 Å². The number of halogens is 4. The number of thioether (sulfide) groups is 2. The number of hydrogen-bond donors (Lipinski definition) is 1. The summed E-state index contributed by atoms with van der Waals surface area (Å²) in [5.41, 5.74) is -0.291. The third kappa shape index (κ3) is 5.54. The van der Waals surface area contributed by atoms with Crippen molar-refractivity contribution in [2.24, 2.45) is 0 Å². The minimum absolute atomic E-state index is 0.0159. The van der Waals surface area contributed by atoms with Crippen LogP contribution in [0.25, 0.3) is 0 Å². The first kappa shape index (κ1) is 24.5. The maximum absolute atomic E-state index is 13.3. The van der Waals surface area contributed by atoms with E-state index in [1.54, 1.807) is 16.3 Å². The molecule has 1 atom stereocenters. The quantitative estimate of drug-likeness (QED) is 0.378. The molecule has 5 nitrogen and oxygen atoms in total. The summed E-state index contributed by atoms with van der Waals surface area (Å²) in [5, 5.41) is 3.23. The molecule has 0 bridgehead atoms. The number of alkyl halides is 3. The normalized spacial score (nSPS) is 18.9. The van der Waals surface area contributed by atoms with Gasteiger partial charge in [0.15, 0.2) is 5.16 Å². The van der Waals surface area contributed by atoms with Crippen LogP contribution < -0.4 is 10.9 Å². The van der Waals surface area contributed by atoms with Crippen LogP contribution in [0.2, 0.25) is 5.02 Å². The van der Waals surface area contributed by atoms with Crippen molar-refractivity contribution in [3.8, 4) is 0 Å². The predicted octanol–water partition coefficient (Wildman–Crippen LogP) is 6.19. The zero-order valence-electron chi connectivity index (χ0n) is 17.9. The van der Waals surface area contributed by atoms with Gasteiger partial charge >= 0.3 is 6.18 Å². The Labute approximate surface area is 202 Å². The van der Waals surface area contributed by atoms with Crippen molar-refractivity contribution >= 4 is 46.7 Å². The summed E-state index contributed by atoms with van der Waals surface area (Å²) in [7, 11) is 0. The first-order chi connectivity index (χ1) is 15.6. The number of anilines is 1. The van der Waals surface area contributed by atoms with Crippen LogP contribution in [0, 0.1) is 0 Å². The van der Waals surface area contributed by atoms with Crippen molar-refractivity contribution in [3.63, 3.8) is 0 Å². The van der Waals surface area contributed by atoms with E-state index in [2.05, 4.69) is 12.2 Å². The van der Waals surface area contributed by atoms with Crippen molar-refractivity contribution in [1.29, 1.82) is 0 Å². The predicted molar refractivity (Wildman–Crippen MR) is 125 cm³/mol. The van der Waals surface area contributed by atoms with E-state index >= 15 is 0 Å². The van der Waals surface area contributed by atoms with E-state index in [0.717, 1.165) is 67.8 Å². The highest BCUT2D eigenvalue weighted by atomic mass is 35.5. The standard InChI is InChI=1S/C22H23ClF3N3O2S2/c1-12-9-17-19(33-12)20(31)29(14-5-3-2-4-6-14)21(28-17)32-11-18(30)27-16-10-13(22(24,25)26)7-8-15(16)23/h7-8,10,12,14H,2-6,9,11H2,1H3,(H,27,30). The van der Waals surface area contributed by atoms with Gasteiger partial charge in [-0.3, -0.25) is 14.2 Å². The smallest absolute Gasteiger partial charge is 0.324 e. The SMILES string of the molecule is CC1Cc2nc(SCC(=O)Nc3cc(C(F)(F)F)ccc3Cl)n(C3CCCCC3)c(=O)c2S1. The first-order valence-electron chi connectivity index (χ1n) is 10.7. The average Bonchev–Trinajstić information content (AvgIpc) is 3.14. The molecule has 33 heavy (non-hydrogen) atoms. The first-order valence-corrected chi connectivity index (χ1v) is 13.0. The molecule has 2 heterocycles. The molecule has 1 amide bonds. The lowest BCUT2D eigenvalue weighted by atomic mass is 9.95. The van der Waals surface area contributed by atoms with Gasteiger partial charge in [0.2, 0.25) is 5.91 Å². The van der Waals surface area contributed by atoms with Crippen LogP contribution >= 0.6 is 35.1 Å². The van der Waals surface area contributed by atoms with Crippen LogP contribution in [0.1, 0.15) is 56.3 Å². The number of nitrogens with zero attached hydrogens (tertiary/aromatic N) is 2. The Balaban J connectivity index is 1.55. The number of hydrogen-bond acceptors (Lipinski definition) is 5. The van der Waals surface area contributed by atoms with E-state index in [9.17, 15) is 22.8 Å². The lowest BCUT2D eigenvalue weighted by molar-refractivity contribution is -0.137. The lowest BCUT2D eigenvalue weighted by Gasteiger charge is -2.26. The Morgan fingerprint density at radius 3 is 2.73 bits per heavy atom. The van der Waals surface area contributed by atoms with Crippen molar-refractivity contribution in [1.82, 2.24) is 9.55 Å². The molecule has 1 unspecified atom stereocenters. The monoisotopic (exact) mass is 517 g/mol. The van der Waals surface area contributed by atoms with Gasteiger partial charge in [-0.15, -0.1) is 11.8 Å². The highest BCUT2D eigenvalue weighted by molar-refractivity contribution is 8.00. The Bertz CT molecular complexity index is 1120. The topological polar surface area (TPSA) is 64.0 Å². The molecule has 0 radical (unpaired) electrons. The molecule has 4 rings (SSSR count). The fourth-order valence-electron chi connectivity index (χ4n) is 4.19. The Kier molecular flexibility index (Phi) is 7.35. The largest absolute Gasteiger partial charge is 0.416 e. The second kappa shape index (κ2) is 9.92. The number of carbonyl (C=O) groups is 1. The number of rotatable bonds is 5. The third-order valence-electron chi connectivity index (χ3n) is 5.75. The third-order valence-corrected chi connectivity index (χ3v) is 8.25. The van der Waals surface area contributed by atoms with Crippen molar-refractivity contribution in [2.45, 2.75) is 73.0 Å². The second-order valence-corrected chi connectivity index (χ2v) is 11.1. The van der Waals surface area contributed by atoms with Gasteiger partial charge in [0.05, 0.1) is 32.6 Å². The molecule has 1 aliphatic carbocycles. The van der Waals surface area contributed by atoms with Crippen molar-refractivity contribution in [2.75, 3.05) is 11.1 Å². The molecule has 1 aromatic heterocycles. The van der Waals surface area contributed by atoms with Gasteiger partial charge in [0.25, 0.3) is 5.56 Å². The molecule has 1 aromatic carbocycles. The van der Waals surface area contributed by atoms with E-state index in [1.807, 2.05) is 0 Å². The zero-order valence-corrected chi connectivity index (χ0v) is 20.3. The number of fused-ring (bicyclic) bond motifs is 1. The fraction of sp³-hybridized carbons (Fsp3) is 0.500. The van der Waals surface area contributed by atoms with Gasteiger partial charge in [-0.05, 0) is 31.0 Å². The molecule has 178 valence electrons. The molecular weight excluding hydrogens is 495 g/mol. The van der Waals surface area contributed by atoms with Crippen LogP contribution in [0.15, 0.2) is 33.0 Å². The van der Waals surface area contributed by atoms with Crippen LogP contribution in [0.4, 0.5) is 18.9 Å². The average molecular weight is 518 g/mol.